The molecule has 0 radical (unpaired) electrons. The second-order valence-electron chi connectivity index (χ2n) is 12.3. The number of aliphatic hydroxyl groups excluding tert-OH is 3. The van der Waals surface area contributed by atoms with Crippen LogP contribution in [0.4, 0.5) is 0 Å². The second-order valence-corrected chi connectivity index (χ2v) is 12.3. The van der Waals surface area contributed by atoms with Crippen molar-refractivity contribution in [3.05, 3.63) is 0 Å². The molecule has 0 unspecified atom stereocenters. The van der Waals surface area contributed by atoms with Crippen LogP contribution in [0.25, 0.3) is 0 Å². The van der Waals surface area contributed by atoms with Gasteiger partial charge in [0.1, 0.15) is 12.7 Å². The first-order valence-electron chi connectivity index (χ1n) is 17.7. The highest BCUT2D eigenvalue weighted by atomic mass is 16.5. The number of aliphatic hydroxyl groups is 3. The predicted molar refractivity (Wildman–Crippen MR) is 170 cm³/mol. The molecule has 0 aliphatic heterocycles. The van der Waals surface area contributed by atoms with Crippen LogP contribution in [0.5, 0.6) is 0 Å². The van der Waals surface area contributed by atoms with Gasteiger partial charge in [-0.15, -0.1) is 0 Å². The molecule has 0 spiro atoms. The van der Waals surface area contributed by atoms with Crippen molar-refractivity contribution < 1.29 is 24.9 Å². The molecule has 240 valence electrons. The first-order chi connectivity index (χ1) is 19.6. The Labute approximate surface area is 249 Å². The summed E-state index contributed by atoms with van der Waals surface area (Å²) in [6.45, 7) is 3.88. The standard InChI is InChI=1S/C35H70O5/c1-3-5-7-9-11-13-15-17-19-21-23-25-27-29-34(38)33(35(39)40-31-32(37)30-36)28-26-24-22-20-18-16-14-12-10-8-6-4-2/h32-34,36-38H,3-31H2,1-2H3/t32-,33+,34+/m1/s1. The fourth-order valence-corrected chi connectivity index (χ4v) is 5.58. The Morgan fingerprint density at radius 1 is 0.525 bits per heavy atom. The lowest BCUT2D eigenvalue weighted by molar-refractivity contribution is -0.156. The van der Waals surface area contributed by atoms with Crippen molar-refractivity contribution >= 4 is 5.97 Å². The number of ether oxygens (including phenoxy) is 1. The number of hydrogen-bond donors (Lipinski definition) is 3. The summed E-state index contributed by atoms with van der Waals surface area (Å²) in [5, 5.41) is 29.4. The average Bonchev–Trinajstić information content (AvgIpc) is 2.96. The van der Waals surface area contributed by atoms with Crippen molar-refractivity contribution in [1.82, 2.24) is 0 Å². The van der Waals surface area contributed by atoms with Gasteiger partial charge in [-0.25, -0.2) is 0 Å². The summed E-state index contributed by atoms with van der Waals surface area (Å²) in [4.78, 5) is 12.7. The lowest BCUT2D eigenvalue weighted by Gasteiger charge is -2.22. The molecule has 0 aliphatic carbocycles. The van der Waals surface area contributed by atoms with E-state index in [0.29, 0.717) is 12.8 Å². The molecule has 0 aromatic rings. The molecule has 0 bridgehead atoms. The highest BCUT2D eigenvalue weighted by Crippen LogP contribution is 2.22. The minimum atomic E-state index is -1.06. The molecule has 0 aliphatic rings. The molecule has 0 rings (SSSR count). The first-order valence-corrected chi connectivity index (χ1v) is 17.7. The highest BCUT2D eigenvalue weighted by Gasteiger charge is 2.28. The van der Waals surface area contributed by atoms with E-state index in [4.69, 9.17) is 9.84 Å². The Morgan fingerprint density at radius 3 is 1.20 bits per heavy atom. The van der Waals surface area contributed by atoms with E-state index in [9.17, 15) is 15.0 Å². The van der Waals surface area contributed by atoms with Crippen LogP contribution in [0.3, 0.4) is 0 Å². The summed E-state index contributed by atoms with van der Waals surface area (Å²) >= 11 is 0. The van der Waals surface area contributed by atoms with Crippen LogP contribution in [-0.4, -0.2) is 46.7 Å². The van der Waals surface area contributed by atoms with Gasteiger partial charge in [0.05, 0.1) is 18.6 Å². The quantitative estimate of drug-likeness (QED) is 0.0554. The van der Waals surface area contributed by atoms with Crippen molar-refractivity contribution in [2.24, 2.45) is 5.92 Å². The van der Waals surface area contributed by atoms with Gasteiger partial charge in [-0.05, 0) is 12.8 Å². The molecule has 0 fully saturated rings. The van der Waals surface area contributed by atoms with Gasteiger partial charge >= 0.3 is 5.97 Å². The van der Waals surface area contributed by atoms with E-state index in [2.05, 4.69) is 13.8 Å². The molecule has 0 aromatic carbocycles. The summed E-state index contributed by atoms with van der Waals surface area (Å²) in [5.41, 5.74) is 0. The molecule has 40 heavy (non-hydrogen) atoms. The lowest BCUT2D eigenvalue weighted by Crippen LogP contribution is -2.32. The van der Waals surface area contributed by atoms with Gasteiger partial charge in [-0.3, -0.25) is 4.79 Å². The molecular formula is C35H70O5. The average molecular weight is 571 g/mol. The number of hydrogen-bond acceptors (Lipinski definition) is 5. The Balaban J connectivity index is 4.06. The molecule has 5 heteroatoms. The fraction of sp³-hybridized carbons (Fsp3) is 0.971. The number of carbonyl (C=O) groups excluding carboxylic acids is 1. The number of unbranched alkanes of at least 4 members (excludes halogenated alkanes) is 23. The normalized spacial score (nSPS) is 13.8. The van der Waals surface area contributed by atoms with E-state index in [1.165, 1.54) is 135 Å². The van der Waals surface area contributed by atoms with Crippen LogP contribution in [0.2, 0.25) is 0 Å². The summed E-state index contributed by atoms with van der Waals surface area (Å²) in [5.74, 6) is -0.968. The third kappa shape index (κ3) is 26.3. The maximum Gasteiger partial charge on any atom is 0.311 e. The molecule has 0 amide bonds. The zero-order valence-corrected chi connectivity index (χ0v) is 26.9. The van der Waals surface area contributed by atoms with E-state index >= 15 is 0 Å². The molecule has 3 N–H and O–H groups in total. The number of esters is 1. The van der Waals surface area contributed by atoms with Crippen molar-refractivity contribution in [2.75, 3.05) is 13.2 Å². The van der Waals surface area contributed by atoms with Crippen molar-refractivity contribution in [1.29, 1.82) is 0 Å². The summed E-state index contributed by atoms with van der Waals surface area (Å²) in [7, 11) is 0. The molecule has 3 atom stereocenters. The minimum absolute atomic E-state index is 0.213. The van der Waals surface area contributed by atoms with E-state index in [1.807, 2.05) is 0 Å². The topological polar surface area (TPSA) is 87.0 Å². The fourth-order valence-electron chi connectivity index (χ4n) is 5.58. The molecular weight excluding hydrogens is 500 g/mol. The third-order valence-corrected chi connectivity index (χ3v) is 8.37. The van der Waals surface area contributed by atoms with Crippen LogP contribution >= 0.6 is 0 Å². The first kappa shape index (κ1) is 39.4. The number of carbonyl (C=O) groups is 1. The van der Waals surface area contributed by atoms with Crippen molar-refractivity contribution in [3.8, 4) is 0 Å². The van der Waals surface area contributed by atoms with E-state index in [0.717, 1.165) is 25.7 Å². The molecule has 0 heterocycles. The third-order valence-electron chi connectivity index (χ3n) is 8.37. The van der Waals surface area contributed by atoms with Crippen LogP contribution in [0, 0.1) is 5.92 Å². The molecule has 0 saturated heterocycles. The van der Waals surface area contributed by atoms with Crippen LogP contribution in [-0.2, 0) is 9.53 Å². The summed E-state index contributed by atoms with van der Waals surface area (Å²) in [6.07, 6.45) is 31.4. The van der Waals surface area contributed by atoms with Gasteiger partial charge in [0.25, 0.3) is 0 Å². The molecule has 0 saturated carbocycles. The smallest absolute Gasteiger partial charge is 0.311 e. The van der Waals surface area contributed by atoms with Gasteiger partial charge in [0.2, 0.25) is 0 Å². The summed E-state index contributed by atoms with van der Waals surface area (Å²) < 4.78 is 5.25. The maximum absolute atomic E-state index is 12.7. The van der Waals surface area contributed by atoms with Crippen molar-refractivity contribution in [2.45, 2.75) is 199 Å². The van der Waals surface area contributed by atoms with Crippen molar-refractivity contribution in [3.63, 3.8) is 0 Å². The second kappa shape index (κ2) is 31.3. The largest absolute Gasteiger partial charge is 0.463 e. The zero-order chi connectivity index (χ0) is 29.5. The highest BCUT2D eigenvalue weighted by molar-refractivity contribution is 5.73. The van der Waals surface area contributed by atoms with Crippen LogP contribution < -0.4 is 0 Å². The van der Waals surface area contributed by atoms with E-state index < -0.39 is 30.7 Å². The van der Waals surface area contributed by atoms with E-state index in [1.54, 1.807) is 0 Å². The Bertz CT molecular complexity index is 512. The van der Waals surface area contributed by atoms with Crippen LogP contribution in [0.1, 0.15) is 187 Å². The lowest BCUT2D eigenvalue weighted by atomic mass is 9.91. The zero-order valence-electron chi connectivity index (χ0n) is 26.9. The monoisotopic (exact) mass is 571 g/mol. The molecule has 5 nitrogen and oxygen atoms in total. The summed E-state index contributed by atoms with van der Waals surface area (Å²) in [6, 6.07) is 0. The van der Waals surface area contributed by atoms with Gasteiger partial charge < -0.3 is 20.1 Å². The maximum atomic E-state index is 12.7. The van der Waals surface area contributed by atoms with Gasteiger partial charge in [0.15, 0.2) is 0 Å². The SMILES string of the molecule is CCCCCCCCCCCCCCC[C@H](O)[C@H](CCCCCCCCCCCCCC)C(=O)OC[C@H](O)CO. The Hall–Kier alpha value is -0.650. The molecule has 0 aromatic heterocycles. The van der Waals surface area contributed by atoms with Gasteiger partial charge in [0, 0.05) is 0 Å². The van der Waals surface area contributed by atoms with Crippen LogP contribution in [0.15, 0.2) is 0 Å². The Kier molecular flexibility index (Phi) is 30.8. The minimum Gasteiger partial charge on any atom is -0.463 e. The predicted octanol–water partition coefficient (Wildman–Crippen LogP) is 9.43. The van der Waals surface area contributed by atoms with Gasteiger partial charge in [-0.2, -0.15) is 0 Å². The Morgan fingerprint density at radius 2 is 0.850 bits per heavy atom. The van der Waals surface area contributed by atoms with E-state index in [-0.39, 0.29) is 6.61 Å². The van der Waals surface area contributed by atoms with Gasteiger partial charge in [-0.1, -0.05) is 174 Å². The number of rotatable bonds is 32.